The summed E-state index contributed by atoms with van der Waals surface area (Å²) in [6.45, 7) is 1.35. The van der Waals surface area contributed by atoms with Crippen molar-refractivity contribution in [3.63, 3.8) is 0 Å². The van der Waals surface area contributed by atoms with E-state index < -0.39 is 0 Å². The number of aliphatic hydroxyl groups excluding tert-OH is 1. The van der Waals surface area contributed by atoms with E-state index in [0.29, 0.717) is 12.2 Å². The number of carbonyl (C=O) groups excluding carboxylic acids is 1. The fourth-order valence-corrected chi connectivity index (χ4v) is 1.72. The zero-order valence-corrected chi connectivity index (χ0v) is 9.47. The van der Waals surface area contributed by atoms with Gasteiger partial charge >= 0.3 is 0 Å². The minimum atomic E-state index is -0.218. The van der Waals surface area contributed by atoms with Crippen LogP contribution in [0.15, 0.2) is 36.0 Å². The van der Waals surface area contributed by atoms with Crippen molar-refractivity contribution < 1.29 is 9.90 Å². The van der Waals surface area contributed by atoms with Crippen molar-refractivity contribution >= 4 is 5.91 Å². The number of hydrazine groups is 1. The smallest absolute Gasteiger partial charge is 0.284 e. The lowest BCUT2D eigenvalue weighted by molar-refractivity contribution is 0.0787. The van der Waals surface area contributed by atoms with Crippen LogP contribution >= 0.6 is 0 Å². The molecule has 5 nitrogen and oxygen atoms in total. The largest absolute Gasteiger partial charge is 0.392 e. The monoisotopic (exact) mass is 233 g/mol. The summed E-state index contributed by atoms with van der Waals surface area (Å²) in [4.78, 5) is 15.8. The van der Waals surface area contributed by atoms with E-state index in [-0.39, 0.29) is 12.5 Å². The molecular weight excluding hydrogens is 218 g/mol. The van der Waals surface area contributed by atoms with Crippen LogP contribution in [0, 0.1) is 0 Å². The molecule has 0 fully saturated rings. The van der Waals surface area contributed by atoms with Crippen LogP contribution in [0.5, 0.6) is 0 Å². The lowest BCUT2D eigenvalue weighted by Gasteiger charge is -2.26. The summed E-state index contributed by atoms with van der Waals surface area (Å²) in [6.07, 6.45) is 4.42. The zero-order chi connectivity index (χ0) is 12.1. The van der Waals surface area contributed by atoms with Crippen molar-refractivity contribution in [1.82, 2.24) is 15.4 Å². The Bertz CT molecular complexity index is 417. The van der Waals surface area contributed by atoms with Crippen LogP contribution in [0.3, 0.4) is 0 Å². The van der Waals surface area contributed by atoms with E-state index in [1.54, 1.807) is 29.4 Å². The van der Waals surface area contributed by atoms with Gasteiger partial charge in [-0.15, -0.1) is 0 Å². The van der Waals surface area contributed by atoms with E-state index >= 15 is 0 Å². The first-order valence-electron chi connectivity index (χ1n) is 5.55. The van der Waals surface area contributed by atoms with Gasteiger partial charge in [0.1, 0.15) is 5.69 Å². The average Bonchev–Trinajstić information content (AvgIpc) is 2.40. The third kappa shape index (κ3) is 3.12. The number of rotatable bonds is 3. The van der Waals surface area contributed by atoms with Gasteiger partial charge in [-0.1, -0.05) is 12.1 Å². The maximum atomic E-state index is 11.8. The fourth-order valence-electron chi connectivity index (χ4n) is 1.72. The maximum Gasteiger partial charge on any atom is 0.284 e. The summed E-state index contributed by atoms with van der Waals surface area (Å²) in [5.74, 6) is -0.218. The standard InChI is InChI=1S/C12H15N3O2/c16-9-10-4-3-7-15(8-10)14-12(17)11-5-1-2-6-13-11/h1-2,4-6,16H,3,7-9H2,(H,14,17). The van der Waals surface area contributed by atoms with Crippen LogP contribution in [0.1, 0.15) is 16.9 Å². The quantitative estimate of drug-likeness (QED) is 0.739. The molecule has 0 radical (unpaired) electrons. The first kappa shape index (κ1) is 11.8. The number of amides is 1. The average molecular weight is 233 g/mol. The van der Waals surface area contributed by atoms with Crippen molar-refractivity contribution in [2.24, 2.45) is 0 Å². The summed E-state index contributed by atoms with van der Waals surface area (Å²) in [6, 6.07) is 5.21. The van der Waals surface area contributed by atoms with Crippen LogP contribution in [0.25, 0.3) is 0 Å². The predicted molar refractivity (Wildman–Crippen MR) is 63.1 cm³/mol. The summed E-state index contributed by atoms with van der Waals surface area (Å²) in [7, 11) is 0. The number of pyridine rings is 1. The SMILES string of the molecule is O=C(NN1CCC=C(CO)C1)c1ccccn1. The Morgan fingerprint density at radius 1 is 1.53 bits per heavy atom. The van der Waals surface area contributed by atoms with E-state index in [9.17, 15) is 4.79 Å². The first-order chi connectivity index (χ1) is 8.29. The highest BCUT2D eigenvalue weighted by Crippen LogP contribution is 2.07. The van der Waals surface area contributed by atoms with Crippen LogP contribution < -0.4 is 5.43 Å². The maximum absolute atomic E-state index is 11.8. The van der Waals surface area contributed by atoms with E-state index in [1.165, 1.54) is 0 Å². The van der Waals surface area contributed by atoms with Gasteiger partial charge < -0.3 is 5.11 Å². The molecule has 0 aliphatic carbocycles. The topological polar surface area (TPSA) is 65.5 Å². The molecule has 0 aromatic carbocycles. The second-order valence-electron chi connectivity index (χ2n) is 3.89. The van der Waals surface area contributed by atoms with Crippen molar-refractivity contribution in [1.29, 1.82) is 0 Å². The Labute approximate surface area is 99.7 Å². The third-order valence-electron chi connectivity index (χ3n) is 2.59. The summed E-state index contributed by atoms with van der Waals surface area (Å²) in [5.41, 5.74) is 4.10. The second-order valence-corrected chi connectivity index (χ2v) is 3.89. The number of carbonyl (C=O) groups is 1. The molecule has 17 heavy (non-hydrogen) atoms. The van der Waals surface area contributed by atoms with Crippen LogP contribution in [0.2, 0.25) is 0 Å². The van der Waals surface area contributed by atoms with E-state index in [0.717, 1.165) is 18.5 Å². The summed E-state index contributed by atoms with van der Waals surface area (Å²) < 4.78 is 0. The third-order valence-corrected chi connectivity index (χ3v) is 2.59. The van der Waals surface area contributed by atoms with Crippen molar-refractivity contribution in [3.8, 4) is 0 Å². The molecule has 0 spiro atoms. The molecule has 0 bridgehead atoms. The van der Waals surface area contributed by atoms with Gasteiger partial charge in [0, 0.05) is 19.3 Å². The molecule has 1 aliphatic rings. The second kappa shape index (κ2) is 5.56. The molecule has 5 heteroatoms. The normalized spacial score (nSPS) is 16.4. The summed E-state index contributed by atoms with van der Waals surface area (Å²) in [5, 5.41) is 10.8. The zero-order valence-electron chi connectivity index (χ0n) is 9.47. The van der Waals surface area contributed by atoms with Crippen molar-refractivity contribution in [2.75, 3.05) is 19.7 Å². The Kier molecular flexibility index (Phi) is 3.85. The van der Waals surface area contributed by atoms with Crippen molar-refractivity contribution in [3.05, 3.63) is 41.7 Å². The van der Waals surface area contributed by atoms with Gasteiger partial charge in [0.15, 0.2) is 0 Å². The molecule has 1 aromatic rings. The molecule has 1 amide bonds. The molecule has 1 aliphatic heterocycles. The molecule has 2 N–H and O–H groups in total. The predicted octanol–water partition coefficient (Wildman–Crippen LogP) is 0.351. The minimum Gasteiger partial charge on any atom is -0.392 e. The molecule has 0 saturated heterocycles. The van der Waals surface area contributed by atoms with Gasteiger partial charge in [0.2, 0.25) is 0 Å². The number of hydrogen-bond donors (Lipinski definition) is 2. The number of aliphatic hydroxyl groups is 1. The first-order valence-corrected chi connectivity index (χ1v) is 5.55. The Morgan fingerprint density at radius 3 is 3.12 bits per heavy atom. The fraction of sp³-hybridized carbons (Fsp3) is 0.333. The van der Waals surface area contributed by atoms with Gasteiger partial charge in [-0.25, -0.2) is 5.01 Å². The van der Waals surface area contributed by atoms with Gasteiger partial charge in [0.25, 0.3) is 5.91 Å². The number of aromatic nitrogens is 1. The lowest BCUT2D eigenvalue weighted by atomic mass is 10.1. The molecular formula is C12H15N3O2. The summed E-state index contributed by atoms with van der Waals surface area (Å²) >= 11 is 0. The van der Waals surface area contributed by atoms with Crippen LogP contribution in [-0.2, 0) is 0 Å². The Hall–Kier alpha value is -1.72. The molecule has 0 atom stereocenters. The van der Waals surface area contributed by atoms with Gasteiger partial charge in [-0.05, 0) is 24.1 Å². The molecule has 1 aromatic heterocycles. The number of nitrogens with zero attached hydrogens (tertiary/aromatic N) is 2. The molecule has 90 valence electrons. The highest BCUT2D eigenvalue weighted by atomic mass is 16.3. The van der Waals surface area contributed by atoms with Gasteiger partial charge in [0.05, 0.1) is 6.61 Å². The Balaban J connectivity index is 1.94. The molecule has 2 rings (SSSR count). The van der Waals surface area contributed by atoms with E-state index in [4.69, 9.17) is 5.11 Å². The molecule has 0 saturated carbocycles. The lowest BCUT2D eigenvalue weighted by Crippen LogP contribution is -2.45. The van der Waals surface area contributed by atoms with Crippen molar-refractivity contribution in [2.45, 2.75) is 6.42 Å². The van der Waals surface area contributed by atoms with E-state index in [2.05, 4.69) is 10.4 Å². The number of hydrogen-bond acceptors (Lipinski definition) is 4. The highest BCUT2D eigenvalue weighted by molar-refractivity contribution is 5.91. The number of nitrogens with one attached hydrogen (secondary N) is 1. The van der Waals surface area contributed by atoms with Crippen LogP contribution in [-0.4, -0.2) is 40.7 Å². The highest BCUT2D eigenvalue weighted by Gasteiger charge is 2.15. The Morgan fingerprint density at radius 2 is 2.41 bits per heavy atom. The van der Waals surface area contributed by atoms with Crippen LogP contribution in [0.4, 0.5) is 0 Å². The molecule has 2 heterocycles. The van der Waals surface area contributed by atoms with E-state index in [1.807, 2.05) is 6.08 Å². The molecule has 0 unspecified atom stereocenters. The van der Waals surface area contributed by atoms with Gasteiger partial charge in [-0.2, -0.15) is 0 Å². The van der Waals surface area contributed by atoms with Gasteiger partial charge in [-0.3, -0.25) is 15.2 Å². The minimum absolute atomic E-state index is 0.0377.